The Hall–Kier alpha value is -1.71. The molecular formula is C17H23NO3. The highest BCUT2D eigenvalue weighted by molar-refractivity contribution is 5.74. The molecule has 114 valence electrons. The maximum Gasteiger partial charge on any atom is 0.217 e. The van der Waals surface area contributed by atoms with E-state index in [-0.39, 0.29) is 17.6 Å². The molecule has 1 heterocycles. The molecule has 1 atom stereocenters. The van der Waals surface area contributed by atoms with Crippen molar-refractivity contribution < 1.29 is 14.6 Å². The Balaban J connectivity index is 2.16. The maximum absolute atomic E-state index is 11.6. The molecule has 1 amide bonds. The normalized spacial score (nSPS) is 22.2. The topological polar surface area (TPSA) is 58.6 Å². The summed E-state index contributed by atoms with van der Waals surface area (Å²) in [7, 11) is 0. The van der Waals surface area contributed by atoms with Crippen molar-refractivity contribution in [3.05, 3.63) is 22.3 Å². The van der Waals surface area contributed by atoms with Crippen LogP contribution in [0.25, 0.3) is 0 Å². The molecule has 2 aliphatic rings. The fraction of sp³-hybridized carbons (Fsp3) is 0.588. The lowest BCUT2D eigenvalue weighted by atomic mass is 9.72. The SMILES string of the molecule is CC(=O)NC1CC2(CCC2)Oc2c(C)c(C)c(O)c(C)c21. The molecule has 1 spiro atoms. The van der Waals surface area contributed by atoms with E-state index in [1.165, 1.54) is 6.42 Å². The van der Waals surface area contributed by atoms with Gasteiger partial charge in [-0.05, 0) is 51.2 Å². The van der Waals surface area contributed by atoms with E-state index >= 15 is 0 Å². The highest BCUT2D eigenvalue weighted by atomic mass is 16.5. The Labute approximate surface area is 125 Å². The molecule has 21 heavy (non-hydrogen) atoms. The zero-order chi connectivity index (χ0) is 15.4. The average molecular weight is 289 g/mol. The molecule has 1 saturated carbocycles. The number of hydrogen-bond acceptors (Lipinski definition) is 3. The lowest BCUT2D eigenvalue weighted by Crippen LogP contribution is -2.50. The predicted molar refractivity (Wildman–Crippen MR) is 80.7 cm³/mol. The van der Waals surface area contributed by atoms with E-state index in [9.17, 15) is 9.90 Å². The lowest BCUT2D eigenvalue weighted by molar-refractivity contribution is -0.120. The van der Waals surface area contributed by atoms with Gasteiger partial charge in [-0.2, -0.15) is 0 Å². The van der Waals surface area contributed by atoms with Crippen LogP contribution in [0.5, 0.6) is 11.5 Å². The average Bonchev–Trinajstić information content (AvgIpc) is 2.39. The van der Waals surface area contributed by atoms with Gasteiger partial charge in [0.05, 0.1) is 6.04 Å². The Morgan fingerprint density at radius 1 is 1.24 bits per heavy atom. The third-order valence-corrected chi connectivity index (χ3v) is 5.15. The first-order valence-electron chi connectivity index (χ1n) is 7.63. The van der Waals surface area contributed by atoms with Crippen LogP contribution in [-0.4, -0.2) is 16.6 Å². The summed E-state index contributed by atoms with van der Waals surface area (Å²) < 4.78 is 6.35. The van der Waals surface area contributed by atoms with Gasteiger partial charge in [0.2, 0.25) is 5.91 Å². The Morgan fingerprint density at radius 3 is 2.43 bits per heavy atom. The zero-order valence-electron chi connectivity index (χ0n) is 13.2. The second kappa shape index (κ2) is 4.65. The number of nitrogens with one attached hydrogen (secondary N) is 1. The quantitative estimate of drug-likeness (QED) is 0.834. The third kappa shape index (κ3) is 2.08. The van der Waals surface area contributed by atoms with Gasteiger partial charge in [0.1, 0.15) is 17.1 Å². The van der Waals surface area contributed by atoms with Crippen molar-refractivity contribution >= 4 is 5.91 Å². The smallest absolute Gasteiger partial charge is 0.217 e. The van der Waals surface area contributed by atoms with Gasteiger partial charge in [0, 0.05) is 24.5 Å². The van der Waals surface area contributed by atoms with E-state index in [1.807, 2.05) is 20.8 Å². The summed E-state index contributed by atoms with van der Waals surface area (Å²) in [6.07, 6.45) is 4.06. The van der Waals surface area contributed by atoms with Gasteiger partial charge in [-0.1, -0.05) is 0 Å². The number of phenols is 1. The molecule has 1 fully saturated rings. The van der Waals surface area contributed by atoms with Gasteiger partial charge in [-0.3, -0.25) is 4.79 Å². The largest absolute Gasteiger partial charge is 0.507 e. The third-order valence-electron chi connectivity index (χ3n) is 5.15. The second-order valence-corrected chi connectivity index (χ2v) is 6.56. The standard InChI is InChI=1S/C17H23NO3/c1-9-10(2)16-14(11(3)15(9)20)13(18-12(4)19)8-17(21-16)6-5-7-17/h13,20H,5-8H2,1-4H3,(H,18,19). The number of carbonyl (C=O) groups is 1. The van der Waals surface area contributed by atoms with Crippen molar-refractivity contribution in [3.8, 4) is 11.5 Å². The second-order valence-electron chi connectivity index (χ2n) is 6.56. The van der Waals surface area contributed by atoms with Gasteiger partial charge in [-0.25, -0.2) is 0 Å². The van der Waals surface area contributed by atoms with E-state index < -0.39 is 0 Å². The number of phenolic OH excluding ortho intramolecular Hbond substituents is 1. The molecule has 0 bridgehead atoms. The molecule has 0 radical (unpaired) electrons. The van der Waals surface area contributed by atoms with Gasteiger partial charge >= 0.3 is 0 Å². The van der Waals surface area contributed by atoms with Crippen LogP contribution in [0.2, 0.25) is 0 Å². The highest BCUT2D eigenvalue weighted by Crippen LogP contribution is 2.52. The van der Waals surface area contributed by atoms with Crippen LogP contribution in [0.4, 0.5) is 0 Å². The molecule has 1 aliphatic heterocycles. The molecular weight excluding hydrogens is 266 g/mol. The Morgan fingerprint density at radius 2 is 1.90 bits per heavy atom. The van der Waals surface area contributed by atoms with Crippen molar-refractivity contribution in [2.24, 2.45) is 0 Å². The van der Waals surface area contributed by atoms with E-state index in [4.69, 9.17) is 4.74 Å². The first kappa shape index (κ1) is 14.2. The van der Waals surface area contributed by atoms with Crippen molar-refractivity contribution in [2.75, 3.05) is 0 Å². The minimum absolute atomic E-state index is 0.0422. The molecule has 2 N–H and O–H groups in total. The summed E-state index contributed by atoms with van der Waals surface area (Å²) in [5.74, 6) is 1.14. The van der Waals surface area contributed by atoms with E-state index in [1.54, 1.807) is 6.92 Å². The van der Waals surface area contributed by atoms with Crippen LogP contribution >= 0.6 is 0 Å². The molecule has 4 heteroatoms. The number of hydrogen-bond donors (Lipinski definition) is 2. The summed E-state index contributed by atoms with van der Waals surface area (Å²) in [6, 6.07) is -0.0725. The van der Waals surface area contributed by atoms with Crippen LogP contribution in [0.1, 0.15) is 60.9 Å². The fourth-order valence-corrected chi connectivity index (χ4v) is 3.66. The number of ether oxygens (including phenoxy) is 1. The Kier molecular flexibility index (Phi) is 3.15. The van der Waals surface area contributed by atoms with Crippen LogP contribution < -0.4 is 10.1 Å². The predicted octanol–water partition coefficient (Wildman–Crippen LogP) is 3.20. The molecule has 3 rings (SSSR count). The molecule has 1 aromatic carbocycles. The number of rotatable bonds is 1. The summed E-state index contributed by atoms with van der Waals surface area (Å²) in [6.45, 7) is 7.34. The molecule has 1 aliphatic carbocycles. The molecule has 1 aromatic rings. The number of amides is 1. The minimum atomic E-state index is -0.124. The van der Waals surface area contributed by atoms with Gasteiger partial charge in [-0.15, -0.1) is 0 Å². The van der Waals surface area contributed by atoms with Crippen molar-refractivity contribution in [2.45, 2.75) is 65.0 Å². The van der Waals surface area contributed by atoms with Gasteiger partial charge < -0.3 is 15.2 Å². The summed E-state index contributed by atoms with van der Waals surface area (Å²) in [4.78, 5) is 11.6. The maximum atomic E-state index is 11.6. The number of fused-ring (bicyclic) bond motifs is 1. The minimum Gasteiger partial charge on any atom is -0.507 e. The van der Waals surface area contributed by atoms with Gasteiger partial charge in [0.25, 0.3) is 0 Å². The summed E-state index contributed by atoms with van der Waals surface area (Å²) in [5, 5.41) is 13.4. The summed E-state index contributed by atoms with van der Waals surface area (Å²) in [5.41, 5.74) is 3.49. The van der Waals surface area contributed by atoms with Crippen molar-refractivity contribution in [3.63, 3.8) is 0 Å². The highest BCUT2D eigenvalue weighted by Gasteiger charge is 2.47. The van der Waals surface area contributed by atoms with Crippen LogP contribution in [-0.2, 0) is 4.79 Å². The molecule has 0 aromatic heterocycles. The lowest BCUT2D eigenvalue weighted by Gasteiger charge is -2.49. The number of aromatic hydroxyl groups is 1. The van der Waals surface area contributed by atoms with Crippen molar-refractivity contribution in [1.82, 2.24) is 5.32 Å². The molecule has 4 nitrogen and oxygen atoms in total. The number of benzene rings is 1. The Bertz CT molecular complexity index is 617. The van der Waals surface area contributed by atoms with Crippen LogP contribution in [0, 0.1) is 20.8 Å². The zero-order valence-corrected chi connectivity index (χ0v) is 13.2. The van der Waals surface area contributed by atoms with E-state index in [0.717, 1.165) is 47.3 Å². The number of carbonyl (C=O) groups excluding carboxylic acids is 1. The fourth-order valence-electron chi connectivity index (χ4n) is 3.66. The van der Waals surface area contributed by atoms with E-state index in [2.05, 4.69) is 5.32 Å². The van der Waals surface area contributed by atoms with Crippen LogP contribution in [0.3, 0.4) is 0 Å². The monoisotopic (exact) mass is 289 g/mol. The molecule has 1 unspecified atom stereocenters. The summed E-state index contributed by atoms with van der Waals surface area (Å²) >= 11 is 0. The first-order chi connectivity index (χ1) is 9.84. The molecule has 0 saturated heterocycles. The van der Waals surface area contributed by atoms with Crippen LogP contribution in [0.15, 0.2) is 0 Å². The van der Waals surface area contributed by atoms with Crippen molar-refractivity contribution in [1.29, 1.82) is 0 Å². The van der Waals surface area contributed by atoms with E-state index in [0.29, 0.717) is 5.75 Å². The van der Waals surface area contributed by atoms with Gasteiger partial charge in [0.15, 0.2) is 0 Å². The first-order valence-corrected chi connectivity index (χ1v) is 7.63.